The first kappa shape index (κ1) is 15.9. The van der Waals surface area contributed by atoms with Crippen molar-refractivity contribution >= 4 is 11.6 Å². The number of hydrogen-bond donors (Lipinski definition) is 1. The summed E-state index contributed by atoms with van der Waals surface area (Å²) in [7, 11) is 0. The SMILES string of the molecule is Cc1cc(C)n(-c2ccccc2NC(=O)Cc2cccc(F)c2)n1. The van der Waals surface area contributed by atoms with Crippen LogP contribution in [-0.4, -0.2) is 15.7 Å². The number of carbonyl (C=O) groups excluding carboxylic acids is 1. The highest BCUT2D eigenvalue weighted by atomic mass is 19.1. The molecule has 3 aromatic rings. The van der Waals surface area contributed by atoms with Crippen LogP contribution >= 0.6 is 0 Å². The van der Waals surface area contributed by atoms with Gasteiger partial charge in [-0.1, -0.05) is 24.3 Å². The van der Waals surface area contributed by atoms with E-state index in [1.165, 1.54) is 12.1 Å². The average molecular weight is 323 g/mol. The zero-order valence-electron chi connectivity index (χ0n) is 13.6. The lowest BCUT2D eigenvalue weighted by Gasteiger charge is -2.12. The number of benzene rings is 2. The highest BCUT2D eigenvalue weighted by Crippen LogP contribution is 2.21. The van der Waals surface area contributed by atoms with Crippen molar-refractivity contribution in [2.45, 2.75) is 20.3 Å². The molecule has 0 aliphatic heterocycles. The summed E-state index contributed by atoms with van der Waals surface area (Å²) in [6.07, 6.45) is 0.114. The Morgan fingerprint density at radius 3 is 2.62 bits per heavy atom. The Balaban J connectivity index is 1.83. The van der Waals surface area contributed by atoms with Crippen LogP contribution in [0.1, 0.15) is 17.0 Å². The second kappa shape index (κ2) is 6.66. The number of nitrogens with one attached hydrogen (secondary N) is 1. The molecule has 0 bridgehead atoms. The van der Waals surface area contributed by atoms with E-state index < -0.39 is 0 Å². The number of rotatable bonds is 4. The predicted octanol–water partition coefficient (Wildman–Crippen LogP) is 3.81. The fraction of sp³-hybridized carbons (Fsp3) is 0.158. The van der Waals surface area contributed by atoms with Crippen molar-refractivity contribution in [2.24, 2.45) is 0 Å². The second-order valence-electron chi connectivity index (χ2n) is 5.71. The number of aromatic nitrogens is 2. The lowest BCUT2D eigenvalue weighted by molar-refractivity contribution is -0.115. The van der Waals surface area contributed by atoms with Gasteiger partial charge in [0, 0.05) is 5.69 Å². The minimum atomic E-state index is -0.344. The molecule has 1 amide bonds. The van der Waals surface area contributed by atoms with Crippen LogP contribution in [0.15, 0.2) is 54.6 Å². The fourth-order valence-corrected chi connectivity index (χ4v) is 2.66. The van der Waals surface area contributed by atoms with E-state index >= 15 is 0 Å². The van der Waals surface area contributed by atoms with Gasteiger partial charge in [0.2, 0.25) is 5.91 Å². The van der Waals surface area contributed by atoms with Crippen LogP contribution in [0.2, 0.25) is 0 Å². The monoisotopic (exact) mass is 323 g/mol. The van der Waals surface area contributed by atoms with Crippen LogP contribution in [0.5, 0.6) is 0 Å². The number of nitrogens with zero attached hydrogens (tertiary/aromatic N) is 2. The summed E-state index contributed by atoms with van der Waals surface area (Å²) < 4.78 is 15.0. The molecule has 0 saturated heterocycles. The van der Waals surface area contributed by atoms with Gasteiger partial charge in [-0.05, 0) is 49.7 Å². The molecule has 3 rings (SSSR count). The number of anilines is 1. The van der Waals surface area contributed by atoms with E-state index in [1.54, 1.807) is 16.8 Å². The van der Waals surface area contributed by atoms with Gasteiger partial charge in [-0.2, -0.15) is 5.10 Å². The number of hydrogen-bond acceptors (Lipinski definition) is 2. The first-order valence-corrected chi connectivity index (χ1v) is 7.70. The standard InChI is InChI=1S/C19H18FN3O/c1-13-10-14(2)23(22-13)18-9-4-3-8-17(18)21-19(24)12-15-6-5-7-16(20)11-15/h3-11H,12H2,1-2H3,(H,21,24). The van der Waals surface area contributed by atoms with E-state index in [0.29, 0.717) is 11.3 Å². The molecule has 0 unspecified atom stereocenters. The number of carbonyl (C=O) groups is 1. The smallest absolute Gasteiger partial charge is 0.228 e. The maximum Gasteiger partial charge on any atom is 0.228 e. The van der Waals surface area contributed by atoms with Crippen molar-refractivity contribution in [3.05, 3.63) is 77.4 Å². The summed E-state index contributed by atoms with van der Waals surface area (Å²) in [4.78, 5) is 12.3. The van der Waals surface area contributed by atoms with Crippen LogP contribution in [-0.2, 0) is 11.2 Å². The zero-order chi connectivity index (χ0) is 17.1. The third-order valence-electron chi connectivity index (χ3n) is 3.67. The van der Waals surface area contributed by atoms with Gasteiger partial charge in [0.1, 0.15) is 5.82 Å². The molecule has 5 heteroatoms. The zero-order valence-corrected chi connectivity index (χ0v) is 13.6. The number of amides is 1. The average Bonchev–Trinajstić information content (AvgIpc) is 2.86. The van der Waals surface area contributed by atoms with Crippen molar-refractivity contribution in [2.75, 3.05) is 5.32 Å². The maximum atomic E-state index is 13.2. The molecular weight excluding hydrogens is 305 g/mol. The van der Waals surface area contributed by atoms with Gasteiger partial charge in [-0.3, -0.25) is 4.79 Å². The molecule has 0 atom stereocenters. The van der Waals surface area contributed by atoms with Gasteiger partial charge >= 0.3 is 0 Å². The lowest BCUT2D eigenvalue weighted by Crippen LogP contribution is -2.16. The van der Waals surface area contributed by atoms with Crippen molar-refractivity contribution in [3.8, 4) is 5.69 Å². The van der Waals surface area contributed by atoms with Gasteiger partial charge in [-0.15, -0.1) is 0 Å². The molecule has 0 spiro atoms. The van der Waals surface area contributed by atoms with E-state index in [1.807, 2.05) is 44.2 Å². The van der Waals surface area contributed by atoms with Gasteiger partial charge in [0.15, 0.2) is 0 Å². The van der Waals surface area contributed by atoms with Crippen LogP contribution in [0.4, 0.5) is 10.1 Å². The molecule has 0 aliphatic carbocycles. The minimum absolute atomic E-state index is 0.114. The summed E-state index contributed by atoms with van der Waals surface area (Å²) >= 11 is 0. The Morgan fingerprint density at radius 1 is 1.12 bits per heavy atom. The fourth-order valence-electron chi connectivity index (χ4n) is 2.66. The van der Waals surface area contributed by atoms with E-state index in [4.69, 9.17) is 0 Å². The van der Waals surface area contributed by atoms with Gasteiger partial charge in [0.25, 0.3) is 0 Å². The van der Waals surface area contributed by atoms with Crippen LogP contribution in [0.25, 0.3) is 5.69 Å². The van der Waals surface area contributed by atoms with E-state index in [0.717, 1.165) is 17.1 Å². The van der Waals surface area contributed by atoms with E-state index in [-0.39, 0.29) is 18.1 Å². The molecule has 0 saturated carbocycles. The molecule has 0 radical (unpaired) electrons. The lowest BCUT2D eigenvalue weighted by atomic mass is 10.1. The second-order valence-corrected chi connectivity index (χ2v) is 5.71. The largest absolute Gasteiger partial charge is 0.324 e. The third-order valence-corrected chi connectivity index (χ3v) is 3.67. The topological polar surface area (TPSA) is 46.9 Å². The Bertz CT molecular complexity index is 886. The Labute approximate surface area is 139 Å². The molecule has 122 valence electrons. The highest BCUT2D eigenvalue weighted by Gasteiger charge is 2.11. The maximum absolute atomic E-state index is 13.2. The minimum Gasteiger partial charge on any atom is -0.324 e. The summed E-state index contributed by atoms with van der Waals surface area (Å²) in [6, 6.07) is 15.5. The number of aryl methyl sites for hydroxylation is 2. The first-order chi connectivity index (χ1) is 11.5. The summed E-state index contributed by atoms with van der Waals surface area (Å²) in [5.41, 5.74) is 4.00. The Morgan fingerprint density at radius 2 is 1.92 bits per heavy atom. The highest BCUT2D eigenvalue weighted by molar-refractivity contribution is 5.94. The summed E-state index contributed by atoms with van der Waals surface area (Å²) in [5, 5.41) is 7.35. The van der Waals surface area contributed by atoms with Crippen molar-refractivity contribution in [3.63, 3.8) is 0 Å². The molecule has 1 N–H and O–H groups in total. The first-order valence-electron chi connectivity index (χ1n) is 7.70. The van der Waals surface area contributed by atoms with Crippen molar-refractivity contribution in [1.82, 2.24) is 9.78 Å². The van der Waals surface area contributed by atoms with Crippen molar-refractivity contribution in [1.29, 1.82) is 0 Å². The molecule has 0 aliphatic rings. The normalized spacial score (nSPS) is 10.6. The quantitative estimate of drug-likeness (QED) is 0.793. The molecule has 2 aromatic carbocycles. The molecular formula is C19H18FN3O. The van der Waals surface area contributed by atoms with Crippen LogP contribution in [0.3, 0.4) is 0 Å². The molecule has 24 heavy (non-hydrogen) atoms. The molecule has 1 aromatic heterocycles. The summed E-state index contributed by atoms with van der Waals surface area (Å²) in [5.74, 6) is -0.544. The Hall–Kier alpha value is -2.95. The molecule has 0 fully saturated rings. The molecule has 1 heterocycles. The van der Waals surface area contributed by atoms with Crippen LogP contribution < -0.4 is 5.32 Å². The van der Waals surface area contributed by atoms with Crippen LogP contribution in [0, 0.1) is 19.7 Å². The van der Waals surface area contributed by atoms with Gasteiger partial charge in [0.05, 0.1) is 23.5 Å². The van der Waals surface area contributed by atoms with Crippen molar-refractivity contribution < 1.29 is 9.18 Å². The Kier molecular flexibility index (Phi) is 4.42. The van der Waals surface area contributed by atoms with E-state index in [2.05, 4.69) is 10.4 Å². The van der Waals surface area contributed by atoms with Gasteiger partial charge in [-0.25, -0.2) is 9.07 Å². The molecule has 4 nitrogen and oxygen atoms in total. The number of halogens is 1. The van der Waals surface area contributed by atoms with E-state index in [9.17, 15) is 9.18 Å². The van der Waals surface area contributed by atoms with Gasteiger partial charge < -0.3 is 5.32 Å². The summed E-state index contributed by atoms with van der Waals surface area (Å²) in [6.45, 7) is 3.89. The third kappa shape index (κ3) is 3.51. The predicted molar refractivity (Wildman–Crippen MR) is 91.8 cm³/mol. The number of para-hydroxylation sites is 2.